The SMILES string of the molecule is CN(C)c1ccc2c(C(=O)O)nc(CN)n2c1. The number of aromatic nitrogens is 2. The van der Waals surface area contributed by atoms with Crippen LogP contribution < -0.4 is 10.6 Å². The molecule has 90 valence electrons. The summed E-state index contributed by atoms with van der Waals surface area (Å²) in [5, 5.41) is 9.04. The number of imidazole rings is 1. The molecule has 17 heavy (non-hydrogen) atoms. The molecule has 2 aromatic heterocycles. The van der Waals surface area contributed by atoms with Crippen LogP contribution in [-0.4, -0.2) is 34.6 Å². The van der Waals surface area contributed by atoms with E-state index in [1.165, 1.54) is 0 Å². The number of fused-ring (bicyclic) bond motifs is 1. The first kappa shape index (κ1) is 11.4. The highest BCUT2D eigenvalue weighted by atomic mass is 16.4. The zero-order valence-corrected chi connectivity index (χ0v) is 9.71. The lowest BCUT2D eigenvalue weighted by Crippen LogP contribution is -2.10. The molecule has 0 aromatic carbocycles. The van der Waals surface area contributed by atoms with E-state index in [0.29, 0.717) is 11.3 Å². The lowest BCUT2D eigenvalue weighted by molar-refractivity contribution is 0.0693. The van der Waals surface area contributed by atoms with Crippen LogP contribution in [0.25, 0.3) is 5.52 Å². The second-order valence-electron chi connectivity index (χ2n) is 3.92. The Balaban J connectivity index is 2.72. The van der Waals surface area contributed by atoms with Gasteiger partial charge >= 0.3 is 5.97 Å². The fourth-order valence-electron chi connectivity index (χ4n) is 1.70. The van der Waals surface area contributed by atoms with Gasteiger partial charge in [-0.3, -0.25) is 4.40 Å². The average Bonchev–Trinajstić information content (AvgIpc) is 2.66. The van der Waals surface area contributed by atoms with Gasteiger partial charge in [-0.25, -0.2) is 9.78 Å². The highest BCUT2D eigenvalue weighted by Crippen LogP contribution is 2.18. The van der Waals surface area contributed by atoms with E-state index >= 15 is 0 Å². The van der Waals surface area contributed by atoms with E-state index in [9.17, 15) is 4.79 Å². The molecule has 0 aliphatic heterocycles. The molecule has 0 bridgehead atoms. The van der Waals surface area contributed by atoms with Crippen molar-refractivity contribution in [2.24, 2.45) is 5.73 Å². The van der Waals surface area contributed by atoms with E-state index in [0.717, 1.165) is 5.69 Å². The number of hydrogen-bond donors (Lipinski definition) is 2. The van der Waals surface area contributed by atoms with Crippen LogP contribution in [0, 0.1) is 0 Å². The summed E-state index contributed by atoms with van der Waals surface area (Å²) < 4.78 is 1.72. The molecule has 0 aliphatic rings. The summed E-state index contributed by atoms with van der Waals surface area (Å²) in [6, 6.07) is 3.59. The van der Waals surface area contributed by atoms with Crippen molar-refractivity contribution in [2.75, 3.05) is 19.0 Å². The van der Waals surface area contributed by atoms with Crippen molar-refractivity contribution >= 4 is 17.2 Å². The van der Waals surface area contributed by atoms with Gasteiger partial charge in [-0.15, -0.1) is 0 Å². The first-order valence-electron chi connectivity index (χ1n) is 5.16. The Bertz CT molecular complexity index is 574. The van der Waals surface area contributed by atoms with Gasteiger partial charge in [0.2, 0.25) is 0 Å². The van der Waals surface area contributed by atoms with E-state index in [2.05, 4.69) is 4.98 Å². The standard InChI is InChI=1S/C11H14N4O2/c1-14(2)7-3-4-8-10(11(16)17)13-9(5-12)15(8)6-7/h3-4,6H,5,12H2,1-2H3,(H,16,17). The van der Waals surface area contributed by atoms with Gasteiger partial charge in [0.1, 0.15) is 5.82 Å². The molecule has 0 aliphatic carbocycles. The molecular formula is C11H14N4O2. The molecule has 3 N–H and O–H groups in total. The monoisotopic (exact) mass is 234 g/mol. The minimum Gasteiger partial charge on any atom is -0.476 e. The fourth-order valence-corrected chi connectivity index (χ4v) is 1.70. The third kappa shape index (κ3) is 1.83. The highest BCUT2D eigenvalue weighted by molar-refractivity contribution is 5.93. The topological polar surface area (TPSA) is 83.9 Å². The second kappa shape index (κ2) is 4.06. The van der Waals surface area contributed by atoms with Crippen molar-refractivity contribution in [3.63, 3.8) is 0 Å². The second-order valence-corrected chi connectivity index (χ2v) is 3.92. The Morgan fingerprint density at radius 2 is 2.24 bits per heavy atom. The first-order valence-corrected chi connectivity index (χ1v) is 5.16. The highest BCUT2D eigenvalue weighted by Gasteiger charge is 2.16. The zero-order chi connectivity index (χ0) is 12.6. The smallest absolute Gasteiger partial charge is 0.356 e. The molecule has 0 fully saturated rings. The predicted molar refractivity (Wildman–Crippen MR) is 64.4 cm³/mol. The molecule has 0 radical (unpaired) electrons. The number of rotatable bonds is 3. The fraction of sp³-hybridized carbons (Fsp3) is 0.273. The zero-order valence-electron chi connectivity index (χ0n) is 9.71. The number of anilines is 1. The summed E-state index contributed by atoms with van der Waals surface area (Å²) in [6.45, 7) is 0.200. The maximum atomic E-state index is 11.0. The van der Waals surface area contributed by atoms with Crippen LogP contribution >= 0.6 is 0 Å². The Labute approximate surface area is 98.3 Å². The molecule has 0 spiro atoms. The summed E-state index contributed by atoms with van der Waals surface area (Å²) >= 11 is 0. The molecule has 6 nitrogen and oxygen atoms in total. The van der Waals surface area contributed by atoms with Gasteiger partial charge in [-0.1, -0.05) is 0 Å². The van der Waals surface area contributed by atoms with Crippen molar-refractivity contribution < 1.29 is 9.90 Å². The maximum absolute atomic E-state index is 11.0. The van der Waals surface area contributed by atoms with Crippen molar-refractivity contribution in [3.8, 4) is 0 Å². The van der Waals surface area contributed by atoms with Crippen LogP contribution in [0.15, 0.2) is 18.3 Å². The third-order valence-corrected chi connectivity index (χ3v) is 2.60. The van der Waals surface area contributed by atoms with Crippen LogP contribution in [0.1, 0.15) is 16.3 Å². The third-order valence-electron chi connectivity index (χ3n) is 2.60. The average molecular weight is 234 g/mol. The molecular weight excluding hydrogens is 220 g/mol. The van der Waals surface area contributed by atoms with Crippen LogP contribution in [0.4, 0.5) is 5.69 Å². The number of carboxylic acid groups (broad SMARTS) is 1. The van der Waals surface area contributed by atoms with Gasteiger partial charge in [0.25, 0.3) is 0 Å². The van der Waals surface area contributed by atoms with Crippen LogP contribution in [0.2, 0.25) is 0 Å². The first-order chi connectivity index (χ1) is 8.04. The predicted octanol–water partition coefficient (Wildman–Crippen LogP) is 0.557. The Kier molecular flexibility index (Phi) is 2.72. The van der Waals surface area contributed by atoms with Gasteiger partial charge in [0.05, 0.1) is 17.7 Å². The molecule has 2 aromatic rings. The summed E-state index contributed by atoms with van der Waals surface area (Å²) in [5.41, 5.74) is 7.12. The van der Waals surface area contributed by atoms with Gasteiger partial charge in [0.15, 0.2) is 5.69 Å². The Morgan fingerprint density at radius 3 is 2.76 bits per heavy atom. The van der Waals surface area contributed by atoms with Crippen molar-refractivity contribution in [2.45, 2.75) is 6.54 Å². The number of pyridine rings is 1. The summed E-state index contributed by atoms with van der Waals surface area (Å²) in [6.07, 6.45) is 1.83. The van der Waals surface area contributed by atoms with Crippen LogP contribution in [-0.2, 0) is 6.54 Å². The number of carbonyl (C=O) groups is 1. The van der Waals surface area contributed by atoms with E-state index in [1.807, 2.05) is 31.3 Å². The van der Waals surface area contributed by atoms with E-state index < -0.39 is 5.97 Å². The van der Waals surface area contributed by atoms with E-state index in [1.54, 1.807) is 10.5 Å². The molecule has 0 amide bonds. The molecule has 0 saturated heterocycles. The molecule has 0 saturated carbocycles. The van der Waals surface area contributed by atoms with Crippen molar-refractivity contribution in [1.82, 2.24) is 9.38 Å². The van der Waals surface area contributed by atoms with Crippen molar-refractivity contribution in [1.29, 1.82) is 0 Å². The van der Waals surface area contributed by atoms with Gasteiger partial charge < -0.3 is 15.7 Å². The number of hydrogen-bond acceptors (Lipinski definition) is 4. The number of nitrogens with two attached hydrogens (primary N) is 1. The number of carboxylic acids is 1. The summed E-state index contributed by atoms with van der Waals surface area (Å²) in [5.74, 6) is -0.499. The quantitative estimate of drug-likeness (QED) is 0.810. The van der Waals surface area contributed by atoms with E-state index in [-0.39, 0.29) is 12.2 Å². The Morgan fingerprint density at radius 1 is 1.53 bits per heavy atom. The lowest BCUT2D eigenvalue weighted by Gasteiger charge is -2.12. The summed E-state index contributed by atoms with van der Waals surface area (Å²) in [4.78, 5) is 17.0. The van der Waals surface area contributed by atoms with E-state index in [4.69, 9.17) is 10.8 Å². The molecule has 2 heterocycles. The lowest BCUT2D eigenvalue weighted by atomic mass is 10.3. The van der Waals surface area contributed by atoms with Crippen LogP contribution in [0.3, 0.4) is 0 Å². The Hall–Kier alpha value is -2.08. The summed E-state index contributed by atoms with van der Waals surface area (Å²) in [7, 11) is 3.83. The number of nitrogens with zero attached hydrogens (tertiary/aromatic N) is 3. The van der Waals surface area contributed by atoms with Gasteiger partial charge in [-0.2, -0.15) is 0 Å². The molecule has 6 heteroatoms. The molecule has 0 unspecified atom stereocenters. The molecule has 2 rings (SSSR count). The minimum atomic E-state index is -1.04. The van der Waals surface area contributed by atoms with Crippen molar-refractivity contribution in [3.05, 3.63) is 29.8 Å². The van der Waals surface area contributed by atoms with Gasteiger partial charge in [-0.05, 0) is 12.1 Å². The number of aromatic carboxylic acids is 1. The van der Waals surface area contributed by atoms with Gasteiger partial charge in [0, 0.05) is 20.3 Å². The normalized spacial score (nSPS) is 10.8. The molecule has 0 atom stereocenters. The largest absolute Gasteiger partial charge is 0.476 e. The van der Waals surface area contributed by atoms with Crippen LogP contribution in [0.5, 0.6) is 0 Å². The maximum Gasteiger partial charge on any atom is 0.356 e. The minimum absolute atomic E-state index is 0.0377.